The highest BCUT2D eigenvalue weighted by Gasteiger charge is 2.20. The Hall–Kier alpha value is -1.39. The van der Waals surface area contributed by atoms with Crippen molar-refractivity contribution in [1.82, 2.24) is 10.2 Å². The SMILES string of the molecule is CN1CCC[C@@H]1CCNC(=O)c1ccc(CCC(C)(C)O)cc1. The molecule has 1 fully saturated rings. The van der Waals surface area contributed by atoms with Gasteiger partial charge in [-0.3, -0.25) is 4.79 Å². The van der Waals surface area contributed by atoms with Gasteiger partial charge in [-0.15, -0.1) is 0 Å². The highest BCUT2D eigenvalue weighted by molar-refractivity contribution is 5.94. The number of hydrogen-bond donors (Lipinski definition) is 2. The van der Waals surface area contributed by atoms with Gasteiger partial charge in [0.25, 0.3) is 5.91 Å². The molecule has 128 valence electrons. The minimum Gasteiger partial charge on any atom is -0.390 e. The molecule has 1 saturated heterocycles. The normalized spacial score (nSPS) is 19.0. The molecular weight excluding hydrogens is 288 g/mol. The molecular formula is C19H30N2O2. The molecule has 4 heteroatoms. The van der Waals surface area contributed by atoms with Gasteiger partial charge in [-0.05, 0) is 77.2 Å². The van der Waals surface area contributed by atoms with Gasteiger partial charge in [0.15, 0.2) is 0 Å². The predicted molar refractivity (Wildman–Crippen MR) is 93.7 cm³/mol. The van der Waals surface area contributed by atoms with Crippen LogP contribution in [-0.4, -0.2) is 47.7 Å². The highest BCUT2D eigenvalue weighted by atomic mass is 16.3. The number of aryl methyl sites for hydroxylation is 1. The zero-order valence-corrected chi connectivity index (χ0v) is 14.6. The molecule has 2 N–H and O–H groups in total. The second kappa shape index (κ2) is 7.93. The maximum absolute atomic E-state index is 12.2. The Morgan fingerprint density at radius 2 is 2.04 bits per heavy atom. The first-order chi connectivity index (χ1) is 10.8. The van der Waals surface area contributed by atoms with Crippen LogP contribution in [0.2, 0.25) is 0 Å². The zero-order chi connectivity index (χ0) is 16.9. The van der Waals surface area contributed by atoms with Gasteiger partial charge < -0.3 is 15.3 Å². The van der Waals surface area contributed by atoms with Crippen LogP contribution in [0.5, 0.6) is 0 Å². The molecule has 1 aliphatic heterocycles. The largest absolute Gasteiger partial charge is 0.390 e. The van der Waals surface area contributed by atoms with Crippen molar-refractivity contribution in [3.05, 3.63) is 35.4 Å². The van der Waals surface area contributed by atoms with Crippen LogP contribution >= 0.6 is 0 Å². The van der Waals surface area contributed by atoms with Crippen LogP contribution in [0.4, 0.5) is 0 Å². The van der Waals surface area contributed by atoms with Crippen LogP contribution in [0, 0.1) is 0 Å². The van der Waals surface area contributed by atoms with E-state index in [9.17, 15) is 9.90 Å². The summed E-state index contributed by atoms with van der Waals surface area (Å²) in [6.45, 7) is 5.53. The minimum absolute atomic E-state index is 0.000289. The predicted octanol–water partition coefficient (Wildman–Crippen LogP) is 2.60. The van der Waals surface area contributed by atoms with E-state index in [-0.39, 0.29) is 5.91 Å². The summed E-state index contributed by atoms with van der Waals surface area (Å²) in [7, 11) is 2.16. The van der Waals surface area contributed by atoms with Gasteiger partial charge >= 0.3 is 0 Å². The maximum atomic E-state index is 12.2. The Labute approximate surface area is 139 Å². The van der Waals surface area contributed by atoms with E-state index < -0.39 is 5.60 Å². The Balaban J connectivity index is 1.76. The molecule has 0 bridgehead atoms. The number of benzene rings is 1. The van der Waals surface area contributed by atoms with Crippen LogP contribution in [0.3, 0.4) is 0 Å². The summed E-state index contributed by atoms with van der Waals surface area (Å²) in [4.78, 5) is 14.5. The number of carbonyl (C=O) groups excluding carboxylic acids is 1. The van der Waals surface area contributed by atoms with Gasteiger partial charge in [0.2, 0.25) is 0 Å². The van der Waals surface area contributed by atoms with Crippen molar-refractivity contribution in [3.63, 3.8) is 0 Å². The summed E-state index contributed by atoms with van der Waals surface area (Å²) in [5, 5.41) is 12.8. The van der Waals surface area contributed by atoms with Crippen LogP contribution in [0.15, 0.2) is 24.3 Å². The summed E-state index contributed by atoms with van der Waals surface area (Å²) in [5.74, 6) is -0.000289. The van der Waals surface area contributed by atoms with Gasteiger partial charge in [0, 0.05) is 18.2 Å². The molecule has 23 heavy (non-hydrogen) atoms. The molecule has 2 rings (SSSR count). The first-order valence-corrected chi connectivity index (χ1v) is 8.65. The van der Waals surface area contributed by atoms with Crippen LogP contribution < -0.4 is 5.32 Å². The van der Waals surface area contributed by atoms with Crippen LogP contribution in [0.25, 0.3) is 0 Å². The lowest BCUT2D eigenvalue weighted by Gasteiger charge is -2.19. The first-order valence-electron chi connectivity index (χ1n) is 8.65. The average molecular weight is 318 g/mol. The monoisotopic (exact) mass is 318 g/mol. The lowest BCUT2D eigenvalue weighted by atomic mass is 9.98. The van der Waals surface area contributed by atoms with Crippen molar-refractivity contribution >= 4 is 5.91 Å². The average Bonchev–Trinajstić information content (AvgIpc) is 2.90. The summed E-state index contributed by atoms with van der Waals surface area (Å²) in [6.07, 6.45) is 5.06. The molecule has 1 aliphatic rings. The number of aliphatic hydroxyl groups is 1. The topological polar surface area (TPSA) is 52.6 Å². The number of hydrogen-bond acceptors (Lipinski definition) is 3. The first kappa shape index (κ1) is 18.0. The van der Waals surface area contributed by atoms with Gasteiger partial charge in [-0.2, -0.15) is 0 Å². The molecule has 0 spiro atoms. The van der Waals surface area contributed by atoms with E-state index in [0.717, 1.165) is 24.9 Å². The van der Waals surface area contributed by atoms with Crippen molar-refractivity contribution in [3.8, 4) is 0 Å². The van der Waals surface area contributed by atoms with Gasteiger partial charge in [0.05, 0.1) is 5.60 Å². The molecule has 1 aromatic rings. The molecule has 1 amide bonds. The highest BCUT2D eigenvalue weighted by Crippen LogP contribution is 2.17. The Morgan fingerprint density at radius 1 is 1.35 bits per heavy atom. The van der Waals surface area contributed by atoms with Crippen molar-refractivity contribution in [2.24, 2.45) is 0 Å². The molecule has 0 aromatic heterocycles. The molecule has 0 aliphatic carbocycles. The second-order valence-electron chi connectivity index (χ2n) is 7.33. The van der Waals surface area contributed by atoms with Crippen molar-refractivity contribution < 1.29 is 9.90 Å². The molecule has 4 nitrogen and oxygen atoms in total. The number of carbonyl (C=O) groups is 1. The van der Waals surface area contributed by atoms with Crippen molar-refractivity contribution in [1.29, 1.82) is 0 Å². The zero-order valence-electron chi connectivity index (χ0n) is 14.6. The minimum atomic E-state index is -0.649. The standard InChI is InChI=1S/C19H30N2O2/c1-19(2,23)12-10-15-6-8-16(9-7-15)18(22)20-13-11-17-5-4-14-21(17)3/h6-9,17,23H,4-5,10-14H2,1-3H3,(H,20,22)/t17-/m1/s1. The Kier molecular flexibility index (Phi) is 6.19. The lowest BCUT2D eigenvalue weighted by molar-refractivity contribution is 0.0713. The van der Waals surface area contributed by atoms with E-state index >= 15 is 0 Å². The number of nitrogens with one attached hydrogen (secondary N) is 1. The molecule has 0 radical (unpaired) electrons. The Bertz CT molecular complexity index is 505. The van der Waals surface area contributed by atoms with E-state index in [4.69, 9.17) is 0 Å². The number of nitrogens with zero attached hydrogens (tertiary/aromatic N) is 1. The van der Waals surface area contributed by atoms with E-state index in [1.54, 1.807) is 0 Å². The quantitative estimate of drug-likeness (QED) is 0.812. The molecule has 1 heterocycles. The van der Waals surface area contributed by atoms with Crippen molar-refractivity contribution in [2.75, 3.05) is 20.1 Å². The maximum Gasteiger partial charge on any atom is 0.251 e. The second-order valence-corrected chi connectivity index (χ2v) is 7.33. The number of likely N-dealkylation sites (tertiary alicyclic amines) is 1. The fraction of sp³-hybridized carbons (Fsp3) is 0.632. The van der Waals surface area contributed by atoms with Crippen molar-refractivity contribution in [2.45, 2.75) is 57.6 Å². The van der Waals surface area contributed by atoms with Gasteiger partial charge in [-0.25, -0.2) is 0 Å². The van der Waals surface area contributed by atoms with Gasteiger partial charge in [-0.1, -0.05) is 12.1 Å². The van der Waals surface area contributed by atoms with Crippen LogP contribution in [0.1, 0.15) is 55.5 Å². The van der Waals surface area contributed by atoms with E-state index in [1.807, 2.05) is 38.1 Å². The summed E-state index contributed by atoms with van der Waals surface area (Å²) < 4.78 is 0. The van der Waals surface area contributed by atoms with Crippen LogP contribution in [-0.2, 0) is 6.42 Å². The third-order valence-electron chi connectivity index (χ3n) is 4.68. The molecule has 1 atom stereocenters. The van der Waals surface area contributed by atoms with Gasteiger partial charge in [0.1, 0.15) is 0 Å². The smallest absolute Gasteiger partial charge is 0.251 e. The van der Waals surface area contributed by atoms with E-state index in [0.29, 0.717) is 18.0 Å². The van der Waals surface area contributed by atoms with E-state index in [2.05, 4.69) is 17.3 Å². The molecule has 0 saturated carbocycles. The third kappa shape index (κ3) is 5.96. The summed E-state index contributed by atoms with van der Waals surface area (Å²) >= 11 is 0. The lowest BCUT2D eigenvalue weighted by Crippen LogP contribution is -2.31. The van der Waals surface area contributed by atoms with E-state index in [1.165, 1.54) is 19.4 Å². The third-order valence-corrected chi connectivity index (χ3v) is 4.68. The summed E-state index contributed by atoms with van der Waals surface area (Å²) in [5.41, 5.74) is 1.21. The molecule has 1 aromatic carbocycles. The summed E-state index contributed by atoms with van der Waals surface area (Å²) in [6, 6.07) is 8.31. The fourth-order valence-electron chi connectivity index (χ4n) is 3.07. The fourth-order valence-corrected chi connectivity index (χ4v) is 3.07. The Morgan fingerprint density at radius 3 is 2.61 bits per heavy atom. The number of rotatable bonds is 7. The number of amides is 1. The molecule has 0 unspecified atom stereocenters.